The minimum atomic E-state index is 0.295. The van der Waals surface area contributed by atoms with Crippen molar-refractivity contribution in [2.75, 3.05) is 25.6 Å². The molecule has 0 heterocycles. The molecule has 2 aliphatic carbocycles. The lowest BCUT2D eigenvalue weighted by molar-refractivity contribution is 0.0240. The summed E-state index contributed by atoms with van der Waals surface area (Å²) >= 11 is 1.96. The number of hydrogen-bond acceptors (Lipinski definition) is 3. The molecule has 0 saturated heterocycles. The first-order chi connectivity index (χ1) is 9.13. The number of nitrogens with two attached hydrogens (primary N) is 1. The first-order valence-corrected chi connectivity index (χ1v) is 9.44. The first-order valence-electron chi connectivity index (χ1n) is 8.05. The highest BCUT2D eigenvalue weighted by molar-refractivity contribution is 7.98. The molecule has 2 fully saturated rings. The fourth-order valence-electron chi connectivity index (χ4n) is 3.95. The van der Waals surface area contributed by atoms with E-state index in [0.29, 0.717) is 11.6 Å². The Hall–Kier alpha value is 0.270. The molecule has 0 aromatic carbocycles. The SMILES string of the molecule is CSCCC(C)N(C)C1(CN)CCCC(C2CC2)C1. The van der Waals surface area contributed by atoms with Gasteiger partial charge in [0.15, 0.2) is 0 Å². The molecule has 2 aliphatic rings. The molecule has 3 unspecified atom stereocenters. The largest absolute Gasteiger partial charge is 0.329 e. The molecule has 0 bridgehead atoms. The van der Waals surface area contributed by atoms with Crippen LogP contribution in [0.2, 0.25) is 0 Å². The van der Waals surface area contributed by atoms with E-state index in [9.17, 15) is 0 Å². The minimum Gasteiger partial charge on any atom is -0.329 e. The van der Waals surface area contributed by atoms with Crippen molar-refractivity contribution in [3.8, 4) is 0 Å². The van der Waals surface area contributed by atoms with Crippen molar-refractivity contribution in [3.05, 3.63) is 0 Å². The quantitative estimate of drug-likeness (QED) is 0.777. The van der Waals surface area contributed by atoms with Crippen LogP contribution in [0, 0.1) is 11.8 Å². The molecule has 0 aromatic rings. The van der Waals surface area contributed by atoms with Crippen molar-refractivity contribution >= 4 is 11.8 Å². The van der Waals surface area contributed by atoms with E-state index in [1.54, 1.807) is 0 Å². The lowest BCUT2D eigenvalue weighted by atomic mass is 9.72. The summed E-state index contributed by atoms with van der Waals surface area (Å²) in [6.07, 6.45) is 12.0. The Morgan fingerprint density at radius 2 is 2.05 bits per heavy atom. The average Bonchev–Trinajstić information content (AvgIpc) is 3.28. The number of rotatable bonds is 7. The summed E-state index contributed by atoms with van der Waals surface area (Å²) in [5.74, 6) is 3.27. The second-order valence-electron chi connectivity index (χ2n) is 6.86. The number of thioether (sulfide) groups is 1. The molecule has 2 rings (SSSR count). The van der Waals surface area contributed by atoms with Gasteiger partial charge in [0, 0.05) is 18.1 Å². The molecule has 2 N–H and O–H groups in total. The molecule has 0 spiro atoms. The van der Waals surface area contributed by atoms with Gasteiger partial charge in [-0.25, -0.2) is 0 Å². The Morgan fingerprint density at radius 1 is 1.32 bits per heavy atom. The van der Waals surface area contributed by atoms with Gasteiger partial charge < -0.3 is 5.73 Å². The zero-order valence-corrected chi connectivity index (χ0v) is 13.8. The molecular formula is C16H32N2S. The standard InChI is InChI=1S/C16H32N2S/c1-13(8-10-19-3)18(2)16(12-17)9-4-5-15(11-16)14-6-7-14/h13-15H,4-12,17H2,1-3H3. The Labute approximate surface area is 123 Å². The van der Waals surface area contributed by atoms with E-state index in [1.165, 1.54) is 50.7 Å². The highest BCUT2D eigenvalue weighted by Gasteiger charge is 2.44. The number of hydrogen-bond donors (Lipinski definition) is 1. The highest BCUT2D eigenvalue weighted by atomic mass is 32.2. The fraction of sp³-hybridized carbons (Fsp3) is 1.00. The van der Waals surface area contributed by atoms with E-state index in [1.807, 2.05) is 11.8 Å². The van der Waals surface area contributed by atoms with Crippen LogP contribution >= 0.6 is 11.8 Å². The average molecular weight is 285 g/mol. The maximum Gasteiger partial charge on any atom is 0.0334 e. The summed E-state index contributed by atoms with van der Waals surface area (Å²) in [7, 11) is 2.33. The van der Waals surface area contributed by atoms with E-state index in [2.05, 4.69) is 25.1 Å². The molecule has 0 aliphatic heterocycles. The minimum absolute atomic E-state index is 0.295. The van der Waals surface area contributed by atoms with Crippen LogP contribution in [0.25, 0.3) is 0 Å². The van der Waals surface area contributed by atoms with Crippen molar-refractivity contribution in [3.63, 3.8) is 0 Å². The van der Waals surface area contributed by atoms with Gasteiger partial charge in [-0.1, -0.05) is 12.8 Å². The van der Waals surface area contributed by atoms with E-state index in [-0.39, 0.29) is 0 Å². The van der Waals surface area contributed by atoms with Crippen LogP contribution in [0.1, 0.15) is 51.9 Å². The molecule has 0 amide bonds. The van der Waals surface area contributed by atoms with E-state index in [4.69, 9.17) is 5.73 Å². The second kappa shape index (κ2) is 6.82. The van der Waals surface area contributed by atoms with Gasteiger partial charge in [-0.3, -0.25) is 4.90 Å². The second-order valence-corrected chi connectivity index (χ2v) is 7.85. The van der Waals surface area contributed by atoms with Crippen LogP contribution in [0.15, 0.2) is 0 Å². The van der Waals surface area contributed by atoms with Crippen molar-refractivity contribution in [1.29, 1.82) is 0 Å². The molecule has 0 aromatic heterocycles. The summed E-state index contributed by atoms with van der Waals surface area (Å²) < 4.78 is 0. The molecule has 112 valence electrons. The smallest absolute Gasteiger partial charge is 0.0334 e. The van der Waals surface area contributed by atoms with E-state index >= 15 is 0 Å². The molecule has 0 radical (unpaired) electrons. The lowest BCUT2D eigenvalue weighted by Gasteiger charge is -2.49. The van der Waals surface area contributed by atoms with Gasteiger partial charge >= 0.3 is 0 Å². The molecule has 2 saturated carbocycles. The molecule has 19 heavy (non-hydrogen) atoms. The first kappa shape index (κ1) is 15.7. The fourth-order valence-corrected chi connectivity index (χ4v) is 4.53. The third kappa shape index (κ3) is 3.68. The zero-order valence-electron chi connectivity index (χ0n) is 13.0. The predicted octanol–water partition coefficient (Wildman–Crippen LogP) is 3.36. The summed E-state index contributed by atoms with van der Waals surface area (Å²) in [6.45, 7) is 3.23. The summed E-state index contributed by atoms with van der Waals surface area (Å²) in [6, 6.07) is 0.661. The van der Waals surface area contributed by atoms with Crippen molar-refractivity contribution in [2.24, 2.45) is 17.6 Å². The van der Waals surface area contributed by atoms with Gasteiger partial charge in [-0.15, -0.1) is 0 Å². The molecule has 3 heteroatoms. The Balaban J connectivity index is 1.98. The van der Waals surface area contributed by atoms with Crippen molar-refractivity contribution < 1.29 is 0 Å². The maximum atomic E-state index is 6.24. The van der Waals surface area contributed by atoms with Crippen LogP contribution in [0.5, 0.6) is 0 Å². The van der Waals surface area contributed by atoms with Gasteiger partial charge in [-0.2, -0.15) is 11.8 Å². The number of likely N-dealkylation sites (N-methyl/N-ethyl adjacent to an activating group) is 1. The monoisotopic (exact) mass is 284 g/mol. The summed E-state index contributed by atoms with van der Waals surface area (Å²) in [4.78, 5) is 2.64. The zero-order chi connectivity index (χ0) is 13.9. The maximum absolute atomic E-state index is 6.24. The van der Waals surface area contributed by atoms with Crippen molar-refractivity contribution in [2.45, 2.75) is 63.5 Å². The molecule has 3 atom stereocenters. The Morgan fingerprint density at radius 3 is 2.63 bits per heavy atom. The third-order valence-corrected chi connectivity index (χ3v) is 6.32. The highest BCUT2D eigenvalue weighted by Crippen LogP contribution is 2.48. The normalized spacial score (nSPS) is 33.6. The van der Waals surface area contributed by atoms with Gasteiger partial charge in [0.25, 0.3) is 0 Å². The van der Waals surface area contributed by atoms with Crippen LogP contribution in [-0.4, -0.2) is 42.1 Å². The van der Waals surface area contributed by atoms with Crippen LogP contribution in [-0.2, 0) is 0 Å². The topological polar surface area (TPSA) is 29.3 Å². The van der Waals surface area contributed by atoms with Crippen LogP contribution < -0.4 is 5.73 Å². The van der Waals surface area contributed by atoms with Gasteiger partial charge in [0.2, 0.25) is 0 Å². The predicted molar refractivity (Wildman–Crippen MR) is 86.7 cm³/mol. The van der Waals surface area contributed by atoms with Crippen LogP contribution in [0.4, 0.5) is 0 Å². The summed E-state index contributed by atoms with van der Waals surface area (Å²) in [5, 5.41) is 0. The van der Waals surface area contributed by atoms with Gasteiger partial charge in [0.1, 0.15) is 0 Å². The van der Waals surface area contributed by atoms with Crippen LogP contribution in [0.3, 0.4) is 0 Å². The molecule has 2 nitrogen and oxygen atoms in total. The van der Waals surface area contributed by atoms with E-state index < -0.39 is 0 Å². The third-order valence-electron chi connectivity index (χ3n) is 5.68. The Kier molecular flexibility index (Phi) is 5.62. The summed E-state index contributed by atoms with van der Waals surface area (Å²) in [5.41, 5.74) is 6.54. The van der Waals surface area contributed by atoms with Crippen molar-refractivity contribution in [1.82, 2.24) is 4.90 Å². The lowest BCUT2D eigenvalue weighted by Crippen LogP contribution is -2.57. The van der Waals surface area contributed by atoms with E-state index in [0.717, 1.165) is 18.4 Å². The Bertz CT molecular complexity index is 280. The number of nitrogens with zero attached hydrogens (tertiary/aromatic N) is 1. The van der Waals surface area contributed by atoms with Gasteiger partial charge in [-0.05, 0) is 69.9 Å². The molecular weight excluding hydrogens is 252 g/mol. The van der Waals surface area contributed by atoms with Gasteiger partial charge in [0.05, 0.1) is 0 Å².